The van der Waals surface area contributed by atoms with Crippen molar-refractivity contribution >= 4 is 39.2 Å². The van der Waals surface area contributed by atoms with Crippen molar-refractivity contribution in [3.63, 3.8) is 0 Å². The number of carbonyl (C=O) groups excluding carboxylic acids is 2. The average Bonchev–Trinajstić information content (AvgIpc) is 3.12. The van der Waals surface area contributed by atoms with Gasteiger partial charge in [0.2, 0.25) is 0 Å². The van der Waals surface area contributed by atoms with E-state index in [1.807, 2.05) is 27.7 Å². The lowest BCUT2D eigenvalue weighted by Gasteiger charge is -2.14. The maximum atomic E-state index is 12.0. The van der Waals surface area contributed by atoms with Crippen LogP contribution in [0, 0.1) is 11.3 Å². The molecule has 2 atom stereocenters. The van der Waals surface area contributed by atoms with Gasteiger partial charge in [0.1, 0.15) is 0 Å². The number of benzene rings is 1. The molecule has 0 aliphatic carbocycles. The van der Waals surface area contributed by atoms with E-state index in [-0.39, 0.29) is 11.9 Å². The Kier molecular flexibility index (Phi) is 8.16. The highest BCUT2D eigenvalue weighted by Gasteiger charge is 2.19. The number of esters is 1. The average molecular weight is 379 g/mol. The minimum Gasteiger partial charge on any atom is -0.453 e. The van der Waals surface area contributed by atoms with E-state index in [2.05, 4.69) is 5.32 Å². The minimum atomic E-state index is -0.843. The fourth-order valence-electron chi connectivity index (χ4n) is 2.39. The standard InChI is InChI=1S/C18H22N2O3S2/c1-13(18(22)20-15-8-6-14(12-19)7-9-15)23-17(21)5-3-2-4-16-10-11-24-25-16/h6-9,13,16H,2-5,10-11H2,1H3,(H,20,22)/t13-,16-/m0/s1. The van der Waals surface area contributed by atoms with E-state index in [9.17, 15) is 9.59 Å². The third kappa shape index (κ3) is 7.00. The van der Waals surface area contributed by atoms with Crippen LogP contribution in [0.4, 0.5) is 5.69 Å². The first kappa shape index (κ1) is 19.7. The van der Waals surface area contributed by atoms with Crippen molar-refractivity contribution in [3.8, 4) is 6.07 Å². The molecule has 0 spiro atoms. The fourth-order valence-corrected chi connectivity index (χ4v) is 5.42. The highest BCUT2D eigenvalue weighted by Crippen LogP contribution is 2.39. The molecule has 0 bridgehead atoms. The number of unbranched alkanes of at least 4 members (excludes halogenated alkanes) is 1. The van der Waals surface area contributed by atoms with E-state index in [0.717, 1.165) is 24.5 Å². The third-order valence-electron chi connectivity index (χ3n) is 3.84. The van der Waals surface area contributed by atoms with Crippen LogP contribution in [-0.2, 0) is 14.3 Å². The number of ether oxygens (including phenoxy) is 1. The van der Waals surface area contributed by atoms with Gasteiger partial charge in [-0.25, -0.2) is 0 Å². The molecule has 1 aliphatic rings. The van der Waals surface area contributed by atoms with Crippen molar-refractivity contribution in [3.05, 3.63) is 29.8 Å². The van der Waals surface area contributed by atoms with E-state index in [0.29, 0.717) is 17.7 Å². The second-order valence-corrected chi connectivity index (χ2v) is 8.67. The van der Waals surface area contributed by atoms with Gasteiger partial charge in [-0.1, -0.05) is 28.0 Å². The summed E-state index contributed by atoms with van der Waals surface area (Å²) in [6.07, 6.45) is 3.71. The fraction of sp³-hybridized carbons (Fsp3) is 0.500. The van der Waals surface area contributed by atoms with E-state index in [1.165, 1.54) is 12.2 Å². The zero-order valence-electron chi connectivity index (χ0n) is 14.2. The first-order valence-corrected chi connectivity index (χ1v) is 10.8. The summed E-state index contributed by atoms with van der Waals surface area (Å²) in [6, 6.07) is 8.54. The number of rotatable bonds is 8. The molecule has 1 fully saturated rings. The van der Waals surface area contributed by atoms with Crippen molar-refractivity contribution < 1.29 is 14.3 Å². The number of nitriles is 1. The molecule has 1 N–H and O–H groups in total. The monoisotopic (exact) mass is 378 g/mol. The molecule has 0 aromatic heterocycles. The van der Waals surface area contributed by atoms with Gasteiger partial charge < -0.3 is 10.1 Å². The Morgan fingerprint density at radius 2 is 2.12 bits per heavy atom. The summed E-state index contributed by atoms with van der Waals surface area (Å²) in [5.74, 6) is 0.511. The van der Waals surface area contributed by atoms with E-state index < -0.39 is 6.10 Å². The summed E-state index contributed by atoms with van der Waals surface area (Å²) < 4.78 is 5.19. The maximum absolute atomic E-state index is 12.0. The smallest absolute Gasteiger partial charge is 0.306 e. The molecule has 1 amide bonds. The van der Waals surface area contributed by atoms with Gasteiger partial charge >= 0.3 is 5.97 Å². The van der Waals surface area contributed by atoms with E-state index in [1.54, 1.807) is 31.2 Å². The summed E-state index contributed by atoms with van der Waals surface area (Å²) >= 11 is 0. The third-order valence-corrected chi connectivity index (χ3v) is 6.85. The van der Waals surface area contributed by atoms with Crippen molar-refractivity contribution in [2.75, 3.05) is 11.1 Å². The molecule has 1 aromatic rings. The van der Waals surface area contributed by atoms with Gasteiger partial charge in [-0.3, -0.25) is 9.59 Å². The molecule has 25 heavy (non-hydrogen) atoms. The predicted molar refractivity (Wildman–Crippen MR) is 102 cm³/mol. The molecule has 0 radical (unpaired) electrons. The molecular weight excluding hydrogens is 356 g/mol. The lowest BCUT2D eigenvalue weighted by molar-refractivity contribution is -0.153. The molecule has 0 saturated carbocycles. The molecule has 1 aromatic carbocycles. The number of hydrogen-bond donors (Lipinski definition) is 1. The summed E-state index contributed by atoms with van der Waals surface area (Å²) in [5, 5.41) is 12.1. The van der Waals surface area contributed by atoms with Crippen LogP contribution in [0.25, 0.3) is 0 Å². The highest BCUT2D eigenvalue weighted by atomic mass is 33.1. The van der Waals surface area contributed by atoms with Gasteiger partial charge in [0.05, 0.1) is 11.6 Å². The normalized spacial score (nSPS) is 17.5. The van der Waals surface area contributed by atoms with Gasteiger partial charge in [0, 0.05) is 23.1 Å². The van der Waals surface area contributed by atoms with Gasteiger partial charge in [0.25, 0.3) is 5.91 Å². The number of nitrogens with zero attached hydrogens (tertiary/aromatic N) is 1. The van der Waals surface area contributed by atoms with E-state index in [4.69, 9.17) is 10.00 Å². The summed E-state index contributed by atoms with van der Waals surface area (Å²) in [5.41, 5.74) is 1.09. The Balaban J connectivity index is 1.64. The van der Waals surface area contributed by atoms with Gasteiger partial charge in [-0.2, -0.15) is 5.26 Å². The van der Waals surface area contributed by atoms with E-state index >= 15 is 0 Å². The SMILES string of the molecule is C[C@H](OC(=O)CCCC[C@H]1CCSS1)C(=O)Nc1ccc(C#N)cc1. The Morgan fingerprint density at radius 3 is 2.76 bits per heavy atom. The molecule has 1 saturated heterocycles. The van der Waals surface area contributed by atoms with Gasteiger partial charge in [-0.15, -0.1) is 0 Å². The van der Waals surface area contributed by atoms with Crippen molar-refractivity contribution in [2.45, 2.75) is 50.4 Å². The molecule has 7 heteroatoms. The predicted octanol–water partition coefficient (Wildman–Crippen LogP) is 4.14. The number of hydrogen-bond acceptors (Lipinski definition) is 6. The quantitative estimate of drug-likeness (QED) is 0.416. The molecule has 134 valence electrons. The maximum Gasteiger partial charge on any atom is 0.306 e. The molecule has 1 heterocycles. The van der Waals surface area contributed by atoms with Crippen LogP contribution < -0.4 is 5.32 Å². The zero-order chi connectivity index (χ0) is 18.1. The van der Waals surface area contributed by atoms with Crippen LogP contribution in [0.5, 0.6) is 0 Å². The van der Waals surface area contributed by atoms with Crippen molar-refractivity contribution in [2.24, 2.45) is 0 Å². The van der Waals surface area contributed by atoms with Crippen LogP contribution in [-0.4, -0.2) is 29.0 Å². The van der Waals surface area contributed by atoms with Crippen LogP contribution in [0.2, 0.25) is 0 Å². The number of amides is 1. The minimum absolute atomic E-state index is 0.337. The van der Waals surface area contributed by atoms with Crippen LogP contribution >= 0.6 is 21.6 Å². The lowest BCUT2D eigenvalue weighted by Crippen LogP contribution is -2.29. The number of carbonyl (C=O) groups is 2. The summed E-state index contributed by atoms with van der Waals surface area (Å²) in [4.78, 5) is 23.9. The van der Waals surface area contributed by atoms with Crippen LogP contribution in [0.1, 0.15) is 44.6 Å². The Labute approximate surface area is 156 Å². The first-order valence-electron chi connectivity index (χ1n) is 8.37. The summed E-state index contributed by atoms with van der Waals surface area (Å²) in [6.45, 7) is 1.56. The number of nitrogens with one attached hydrogen (secondary N) is 1. The Bertz CT molecular complexity index is 622. The largest absolute Gasteiger partial charge is 0.453 e. The second kappa shape index (κ2) is 10.4. The lowest BCUT2D eigenvalue weighted by atomic mass is 10.1. The van der Waals surface area contributed by atoms with Gasteiger partial charge in [-0.05, 0) is 50.5 Å². The van der Waals surface area contributed by atoms with Crippen molar-refractivity contribution in [1.29, 1.82) is 5.26 Å². The van der Waals surface area contributed by atoms with Gasteiger partial charge in [0.15, 0.2) is 6.10 Å². The molecule has 2 rings (SSSR count). The molecular formula is C18H22N2O3S2. The number of anilines is 1. The Hall–Kier alpha value is -1.65. The first-order chi connectivity index (χ1) is 12.1. The highest BCUT2D eigenvalue weighted by molar-refractivity contribution is 8.77. The van der Waals surface area contributed by atoms with Crippen LogP contribution in [0.3, 0.4) is 0 Å². The topological polar surface area (TPSA) is 79.2 Å². The van der Waals surface area contributed by atoms with Crippen molar-refractivity contribution in [1.82, 2.24) is 0 Å². The Morgan fingerprint density at radius 1 is 1.36 bits per heavy atom. The molecule has 0 unspecified atom stereocenters. The second-order valence-electron chi connectivity index (χ2n) is 5.89. The zero-order valence-corrected chi connectivity index (χ0v) is 15.8. The molecule has 1 aliphatic heterocycles. The summed E-state index contributed by atoms with van der Waals surface area (Å²) in [7, 11) is 3.87. The molecule has 5 nitrogen and oxygen atoms in total. The van der Waals surface area contributed by atoms with Crippen LogP contribution in [0.15, 0.2) is 24.3 Å².